The zero-order valence-electron chi connectivity index (χ0n) is 19.4. The number of ether oxygens (including phenoxy) is 1. The second kappa shape index (κ2) is 11.9. The molecule has 0 aromatic heterocycles. The van der Waals surface area contributed by atoms with Gasteiger partial charge in [0.25, 0.3) is 5.91 Å². The number of hydrogen-bond donors (Lipinski definition) is 2. The van der Waals surface area contributed by atoms with Gasteiger partial charge >= 0.3 is 0 Å². The number of rotatable bonds is 9. The summed E-state index contributed by atoms with van der Waals surface area (Å²) in [5.41, 5.74) is 2.29. The fourth-order valence-electron chi connectivity index (χ4n) is 3.95. The molecule has 0 radical (unpaired) electrons. The normalized spacial score (nSPS) is 15.0. The average Bonchev–Trinajstić information content (AvgIpc) is 3.25. The predicted molar refractivity (Wildman–Crippen MR) is 141 cm³/mol. The maximum absolute atomic E-state index is 12.6. The number of hydrogen-bond acceptors (Lipinski definition) is 4. The maximum atomic E-state index is 12.6. The molecule has 3 aromatic carbocycles. The third-order valence-corrected chi connectivity index (χ3v) is 6.15. The van der Waals surface area contributed by atoms with Gasteiger partial charge in [-0.25, -0.2) is 0 Å². The van der Waals surface area contributed by atoms with E-state index in [4.69, 9.17) is 27.9 Å². The monoisotopic (exact) mass is 525 g/mol. The van der Waals surface area contributed by atoms with E-state index in [9.17, 15) is 14.4 Å². The molecule has 0 aliphatic carbocycles. The number of anilines is 2. The van der Waals surface area contributed by atoms with Crippen LogP contribution in [0.1, 0.15) is 12.0 Å². The summed E-state index contributed by atoms with van der Waals surface area (Å²) in [6, 6.07) is 21.5. The minimum atomic E-state index is -0.395. The van der Waals surface area contributed by atoms with E-state index in [0.717, 1.165) is 12.0 Å². The highest BCUT2D eigenvalue weighted by molar-refractivity contribution is 6.35. The van der Waals surface area contributed by atoms with E-state index in [1.807, 2.05) is 30.3 Å². The first-order valence-electron chi connectivity index (χ1n) is 11.5. The Hall–Kier alpha value is -3.55. The van der Waals surface area contributed by atoms with Gasteiger partial charge in [0.2, 0.25) is 11.8 Å². The smallest absolute Gasteiger partial charge is 0.262 e. The zero-order valence-corrected chi connectivity index (χ0v) is 20.9. The van der Waals surface area contributed by atoms with Gasteiger partial charge in [-0.2, -0.15) is 0 Å². The Labute approximate surface area is 219 Å². The van der Waals surface area contributed by atoms with Crippen LogP contribution in [0.3, 0.4) is 0 Å². The van der Waals surface area contributed by atoms with E-state index in [1.165, 1.54) is 0 Å². The van der Waals surface area contributed by atoms with Crippen LogP contribution in [0.15, 0.2) is 72.8 Å². The molecule has 9 heteroatoms. The number of amides is 3. The van der Waals surface area contributed by atoms with E-state index >= 15 is 0 Å². The van der Waals surface area contributed by atoms with Crippen molar-refractivity contribution in [3.8, 4) is 5.75 Å². The number of nitrogens with zero attached hydrogens (tertiary/aromatic N) is 1. The van der Waals surface area contributed by atoms with Crippen LogP contribution in [0, 0.1) is 5.92 Å². The van der Waals surface area contributed by atoms with Gasteiger partial charge in [-0.15, -0.1) is 0 Å². The van der Waals surface area contributed by atoms with Crippen LogP contribution in [0.2, 0.25) is 10.0 Å². The van der Waals surface area contributed by atoms with Gasteiger partial charge in [0.05, 0.1) is 5.92 Å². The highest BCUT2D eigenvalue weighted by atomic mass is 35.5. The topological polar surface area (TPSA) is 87.7 Å². The fourth-order valence-corrected chi connectivity index (χ4v) is 4.47. The molecule has 2 N–H and O–H groups in total. The molecule has 1 heterocycles. The maximum Gasteiger partial charge on any atom is 0.262 e. The minimum absolute atomic E-state index is 0.105. The largest absolute Gasteiger partial charge is 0.484 e. The van der Waals surface area contributed by atoms with Gasteiger partial charge in [0.15, 0.2) is 6.61 Å². The third-order valence-electron chi connectivity index (χ3n) is 5.72. The molecular weight excluding hydrogens is 501 g/mol. The summed E-state index contributed by atoms with van der Waals surface area (Å²) in [5.74, 6) is -0.513. The first-order chi connectivity index (χ1) is 17.4. The van der Waals surface area contributed by atoms with Crippen molar-refractivity contribution in [1.29, 1.82) is 0 Å². The molecule has 1 atom stereocenters. The molecule has 1 saturated heterocycles. The molecule has 0 spiro atoms. The molecule has 0 saturated carbocycles. The lowest BCUT2D eigenvalue weighted by atomic mass is 10.1. The molecule has 7 nitrogen and oxygen atoms in total. The zero-order chi connectivity index (χ0) is 25.5. The van der Waals surface area contributed by atoms with Gasteiger partial charge in [-0.3, -0.25) is 14.4 Å². The highest BCUT2D eigenvalue weighted by Crippen LogP contribution is 2.27. The summed E-state index contributed by atoms with van der Waals surface area (Å²) in [6.45, 7) is 0.635. The number of benzene rings is 3. The lowest BCUT2D eigenvalue weighted by Gasteiger charge is -2.17. The molecule has 3 amide bonds. The van der Waals surface area contributed by atoms with Crippen molar-refractivity contribution >= 4 is 52.3 Å². The standard InChI is InChI=1S/C27H25Cl2N3O4/c28-20-13-21(29)15-22(14-20)31-25(33)17-36-24-8-6-23(7-9-24)32-16-19(12-26(32)34)27(35)30-11-10-18-4-2-1-3-5-18/h1-9,13-15,19H,10-12,16-17H2,(H,30,35)(H,31,33)/t19-/m1/s1. The van der Waals surface area contributed by atoms with Crippen molar-refractivity contribution in [1.82, 2.24) is 5.32 Å². The molecular formula is C27H25Cl2N3O4. The molecule has 3 aromatic rings. The van der Waals surface area contributed by atoms with Crippen LogP contribution in [0.5, 0.6) is 5.75 Å². The molecule has 1 aliphatic rings. The predicted octanol–water partition coefficient (Wildman–Crippen LogP) is 4.72. The van der Waals surface area contributed by atoms with Crippen molar-refractivity contribution in [2.45, 2.75) is 12.8 Å². The summed E-state index contributed by atoms with van der Waals surface area (Å²) in [5, 5.41) is 6.44. The van der Waals surface area contributed by atoms with E-state index in [1.54, 1.807) is 47.4 Å². The molecule has 36 heavy (non-hydrogen) atoms. The fraction of sp³-hybridized carbons (Fsp3) is 0.222. The van der Waals surface area contributed by atoms with Crippen LogP contribution in [0.4, 0.5) is 11.4 Å². The van der Waals surface area contributed by atoms with Crippen molar-refractivity contribution in [2.24, 2.45) is 5.92 Å². The van der Waals surface area contributed by atoms with Crippen molar-refractivity contribution < 1.29 is 19.1 Å². The highest BCUT2D eigenvalue weighted by Gasteiger charge is 2.34. The van der Waals surface area contributed by atoms with E-state index < -0.39 is 5.92 Å². The van der Waals surface area contributed by atoms with Crippen LogP contribution in [0.25, 0.3) is 0 Å². The van der Waals surface area contributed by atoms with E-state index in [0.29, 0.717) is 40.3 Å². The van der Waals surface area contributed by atoms with Gasteiger partial charge < -0.3 is 20.3 Å². The number of nitrogens with one attached hydrogen (secondary N) is 2. The van der Waals surface area contributed by atoms with Crippen molar-refractivity contribution in [3.63, 3.8) is 0 Å². The number of carbonyl (C=O) groups is 3. The minimum Gasteiger partial charge on any atom is -0.484 e. The molecule has 4 rings (SSSR count). The van der Waals surface area contributed by atoms with Gasteiger partial charge in [-0.1, -0.05) is 53.5 Å². The third kappa shape index (κ3) is 6.99. The van der Waals surface area contributed by atoms with Gasteiger partial charge in [-0.05, 0) is 54.4 Å². The average molecular weight is 526 g/mol. The van der Waals surface area contributed by atoms with Gasteiger partial charge in [0.1, 0.15) is 5.75 Å². The Morgan fingerprint density at radius 1 is 0.972 bits per heavy atom. The number of carbonyl (C=O) groups excluding carboxylic acids is 3. The van der Waals surface area contributed by atoms with E-state index in [2.05, 4.69) is 10.6 Å². The summed E-state index contributed by atoms with van der Waals surface area (Å²) in [6.07, 6.45) is 0.909. The van der Waals surface area contributed by atoms with E-state index in [-0.39, 0.29) is 30.7 Å². The lowest BCUT2D eigenvalue weighted by molar-refractivity contribution is -0.126. The van der Waals surface area contributed by atoms with Gasteiger partial charge in [0, 0.05) is 40.9 Å². The van der Waals surface area contributed by atoms with Crippen LogP contribution < -0.4 is 20.3 Å². The SMILES string of the molecule is O=C(COc1ccc(N2C[C@H](C(=O)NCCc3ccccc3)CC2=O)cc1)Nc1cc(Cl)cc(Cl)c1. The summed E-state index contributed by atoms with van der Waals surface area (Å²) in [4.78, 5) is 38.9. The molecule has 186 valence electrons. The molecule has 1 fully saturated rings. The Morgan fingerprint density at radius 3 is 2.36 bits per heavy atom. The molecule has 0 bridgehead atoms. The Kier molecular flexibility index (Phi) is 8.46. The number of halogens is 2. The second-order valence-corrected chi connectivity index (χ2v) is 9.29. The Balaban J connectivity index is 1.24. The van der Waals surface area contributed by atoms with Crippen LogP contribution in [-0.4, -0.2) is 37.4 Å². The summed E-state index contributed by atoms with van der Waals surface area (Å²) < 4.78 is 5.54. The Bertz CT molecular complexity index is 1220. The summed E-state index contributed by atoms with van der Waals surface area (Å²) >= 11 is 11.9. The summed E-state index contributed by atoms with van der Waals surface area (Å²) in [7, 11) is 0. The lowest BCUT2D eigenvalue weighted by Crippen LogP contribution is -2.34. The quantitative estimate of drug-likeness (QED) is 0.423. The Morgan fingerprint density at radius 2 is 1.67 bits per heavy atom. The molecule has 0 unspecified atom stereocenters. The molecule has 1 aliphatic heterocycles. The first kappa shape index (κ1) is 25.5. The van der Waals surface area contributed by atoms with Crippen molar-refractivity contribution in [2.75, 3.05) is 29.9 Å². The van der Waals surface area contributed by atoms with Crippen LogP contribution >= 0.6 is 23.2 Å². The second-order valence-electron chi connectivity index (χ2n) is 8.42. The first-order valence-corrected chi connectivity index (χ1v) is 12.2. The van der Waals surface area contributed by atoms with Crippen molar-refractivity contribution in [3.05, 3.63) is 88.4 Å². The van der Waals surface area contributed by atoms with Crippen LogP contribution in [-0.2, 0) is 20.8 Å².